The van der Waals surface area contributed by atoms with E-state index in [1.165, 1.54) is 6.42 Å². The third-order valence-corrected chi connectivity index (χ3v) is 3.39. The van der Waals surface area contributed by atoms with Crippen molar-refractivity contribution in [1.82, 2.24) is 4.98 Å². The predicted molar refractivity (Wildman–Crippen MR) is 70.2 cm³/mol. The summed E-state index contributed by atoms with van der Waals surface area (Å²) in [6, 6.07) is 1.70. The Hall–Kier alpha value is -1.00. The zero-order valence-electron chi connectivity index (χ0n) is 9.69. The van der Waals surface area contributed by atoms with Gasteiger partial charge in [-0.15, -0.1) is 0 Å². The molecular weight excluding hydrogens is 238 g/mol. The molecule has 0 radical (unpaired) electrons. The molecule has 1 aromatic rings. The van der Waals surface area contributed by atoms with E-state index in [1.807, 2.05) is 0 Å². The van der Waals surface area contributed by atoms with Crippen molar-refractivity contribution in [1.29, 1.82) is 0 Å². The van der Waals surface area contributed by atoms with Crippen molar-refractivity contribution in [3.63, 3.8) is 0 Å². The van der Waals surface area contributed by atoms with Gasteiger partial charge in [0.15, 0.2) is 0 Å². The van der Waals surface area contributed by atoms with Gasteiger partial charge in [0.25, 0.3) is 0 Å². The molecule has 1 fully saturated rings. The Bertz CT molecular complexity index is 386. The quantitative estimate of drug-likeness (QED) is 0.710. The van der Waals surface area contributed by atoms with Crippen LogP contribution in [0.2, 0.25) is 5.02 Å². The number of anilines is 2. The van der Waals surface area contributed by atoms with Gasteiger partial charge >= 0.3 is 0 Å². The van der Waals surface area contributed by atoms with E-state index in [-0.39, 0.29) is 12.1 Å². The van der Waals surface area contributed by atoms with E-state index in [1.54, 1.807) is 12.3 Å². The molecule has 5 heteroatoms. The molecular formula is C12H18ClN3O. The number of aliphatic hydroxyl groups excluding tert-OH is 1. The summed E-state index contributed by atoms with van der Waals surface area (Å²) in [5, 5.41) is 13.7. The van der Waals surface area contributed by atoms with Gasteiger partial charge in [0.05, 0.1) is 22.9 Å². The second-order valence-electron chi connectivity index (χ2n) is 4.55. The van der Waals surface area contributed by atoms with E-state index >= 15 is 0 Å². The molecule has 17 heavy (non-hydrogen) atoms. The summed E-state index contributed by atoms with van der Waals surface area (Å²) in [4.78, 5) is 4.16. The summed E-state index contributed by atoms with van der Waals surface area (Å²) in [6.07, 6.45) is 6.41. The number of pyridine rings is 1. The van der Waals surface area contributed by atoms with E-state index in [4.69, 9.17) is 17.3 Å². The number of nitrogens with two attached hydrogens (primary N) is 1. The van der Waals surface area contributed by atoms with Crippen LogP contribution >= 0.6 is 11.6 Å². The average Bonchev–Trinajstić information content (AvgIpc) is 2.48. The molecule has 2 rings (SSSR count). The minimum atomic E-state index is -0.325. The average molecular weight is 256 g/mol. The van der Waals surface area contributed by atoms with Crippen LogP contribution < -0.4 is 11.1 Å². The van der Waals surface area contributed by atoms with Gasteiger partial charge in [-0.3, -0.25) is 0 Å². The van der Waals surface area contributed by atoms with Crippen LogP contribution in [0.15, 0.2) is 12.3 Å². The molecule has 4 nitrogen and oxygen atoms in total. The van der Waals surface area contributed by atoms with E-state index in [2.05, 4.69) is 10.3 Å². The van der Waals surface area contributed by atoms with E-state index in [0.717, 1.165) is 25.7 Å². The van der Waals surface area contributed by atoms with E-state index < -0.39 is 0 Å². The van der Waals surface area contributed by atoms with Crippen LogP contribution in [0.5, 0.6) is 0 Å². The first-order chi connectivity index (χ1) is 8.16. The van der Waals surface area contributed by atoms with Gasteiger partial charge in [-0.25, -0.2) is 4.98 Å². The second-order valence-corrected chi connectivity index (χ2v) is 4.98. The molecule has 1 heterocycles. The number of nitrogens with zero attached hydrogens (tertiary/aromatic N) is 1. The lowest BCUT2D eigenvalue weighted by Gasteiger charge is -2.23. The maximum Gasteiger partial charge on any atom is 0.149 e. The van der Waals surface area contributed by atoms with Crippen LogP contribution in [0.25, 0.3) is 0 Å². The number of aliphatic hydroxyl groups is 1. The van der Waals surface area contributed by atoms with E-state index in [9.17, 15) is 5.11 Å². The molecule has 4 N–H and O–H groups in total. The SMILES string of the molecule is Nc1cc(Cl)cnc1NC1CCCCCC1O. The van der Waals surface area contributed by atoms with Crippen LogP contribution in [-0.2, 0) is 0 Å². The maximum atomic E-state index is 10.00. The highest BCUT2D eigenvalue weighted by Gasteiger charge is 2.22. The van der Waals surface area contributed by atoms with Crippen molar-refractivity contribution in [3.05, 3.63) is 17.3 Å². The number of halogens is 1. The summed E-state index contributed by atoms with van der Waals surface area (Å²) < 4.78 is 0. The summed E-state index contributed by atoms with van der Waals surface area (Å²) in [5.74, 6) is 0.611. The fourth-order valence-electron chi connectivity index (χ4n) is 2.21. The van der Waals surface area contributed by atoms with Crippen LogP contribution in [0.1, 0.15) is 32.1 Å². The summed E-state index contributed by atoms with van der Waals surface area (Å²) >= 11 is 5.79. The van der Waals surface area contributed by atoms with Crippen LogP contribution in [0.4, 0.5) is 11.5 Å². The molecule has 0 spiro atoms. The Morgan fingerprint density at radius 3 is 2.88 bits per heavy atom. The summed E-state index contributed by atoms with van der Waals surface area (Å²) in [6.45, 7) is 0. The summed E-state index contributed by atoms with van der Waals surface area (Å²) in [5.41, 5.74) is 6.35. The first kappa shape index (κ1) is 12.5. The molecule has 0 aromatic carbocycles. The lowest BCUT2D eigenvalue weighted by atomic mass is 10.1. The molecule has 0 bridgehead atoms. The normalized spacial score (nSPS) is 25.3. The molecule has 1 aliphatic carbocycles. The van der Waals surface area contributed by atoms with E-state index in [0.29, 0.717) is 16.5 Å². The maximum absolute atomic E-state index is 10.00. The number of nitrogens with one attached hydrogen (secondary N) is 1. The van der Waals surface area contributed by atoms with Crippen LogP contribution in [-0.4, -0.2) is 22.2 Å². The van der Waals surface area contributed by atoms with Crippen molar-refractivity contribution in [2.75, 3.05) is 11.1 Å². The van der Waals surface area contributed by atoms with Gasteiger partial charge in [-0.2, -0.15) is 0 Å². The molecule has 1 saturated carbocycles. The minimum Gasteiger partial charge on any atom is -0.396 e. The highest BCUT2D eigenvalue weighted by molar-refractivity contribution is 6.30. The zero-order chi connectivity index (χ0) is 12.3. The number of aromatic nitrogens is 1. The fraction of sp³-hybridized carbons (Fsp3) is 0.583. The molecule has 1 aliphatic rings. The topological polar surface area (TPSA) is 71.2 Å². The molecule has 2 atom stereocenters. The lowest BCUT2D eigenvalue weighted by molar-refractivity contribution is 0.144. The molecule has 94 valence electrons. The smallest absolute Gasteiger partial charge is 0.149 e. The predicted octanol–water partition coefficient (Wildman–Crippen LogP) is 2.42. The van der Waals surface area contributed by atoms with Gasteiger partial charge in [0.2, 0.25) is 0 Å². The number of rotatable bonds is 2. The Balaban J connectivity index is 2.08. The highest BCUT2D eigenvalue weighted by atomic mass is 35.5. The number of nitrogen functional groups attached to an aromatic ring is 1. The zero-order valence-corrected chi connectivity index (χ0v) is 10.5. The first-order valence-corrected chi connectivity index (χ1v) is 6.40. The Kier molecular flexibility index (Phi) is 4.07. The fourth-order valence-corrected chi connectivity index (χ4v) is 2.37. The Labute approximate surface area is 106 Å². The molecule has 2 unspecified atom stereocenters. The van der Waals surface area contributed by atoms with Crippen LogP contribution in [0.3, 0.4) is 0 Å². The second kappa shape index (κ2) is 5.56. The van der Waals surface area contributed by atoms with Crippen molar-refractivity contribution in [3.8, 4) is 0 Å². The molecule has 0 amide bonds. The minimum absolute atomic E-state index is 0.0356. The number of hydrogen-bond donors (Lipinski definition) is 3. The largest absolute Gasteiger partial charge is 0.396 e. The van der Waals surface area contributed by atoms with Gasteiger partial charge in [-0.1, -0.05) is 30.9 Å². The Morgan fingerprint density at radius 1 is 1.35 bits per heavy atom. The highest BCUT2D eigenvalue weighted by Crippen LogP contribution is 2.25. The van der Waals surface area contributed by atoms with Gasteiger partial charge < -0.3 is 16.2 Å². The Morgan fingerprint density at radius 2 is 2.12 bits per heavy atom. The van der Waals surface area contributed by atoms with Crippen molar-refractivity contribution in [2.24, 2.45) is 0 Å². The molecule has 1 aromatic heterocycles. The third-order valence-electron chi connectivity index (χ3n) is 3.19. The third kappa shape index (κ3) is 3.23. The van der Waals surface area contributed by atoms with Gasteiger partial charge in [0.1, 0.15) is 5.82 Å². The van der Waals surface area contributed by atoms with Crippen molar-refractivity contribution >= 4 is 23.1 Å². The standard InChI is InChI=1S/C12H18ClN3O/c13-8-6-9(14)12(15-7-8)16-10-4-2-1-3-5-11(10)17/h6-7,10-11,17H,1-5,14H2,(H,15,16). The van der Waals surface area contributed by atoms with Gasteiger partial charge in [0, 0.05) is 6.20 Å². The molecule has 0 saturated heterocycles. The summed E-state index contributed by atoms with van der Waals surface area (Å²) in [7, 11) is 0. The monoisotopic (exact) mass is 255 g/mol. The van der Waals surface area contributed by atoms with Crippen molar-refractivity contribution in [2.45, 2.75) is 44.2 Å². The van der Waals surface area contributed by atoms with Crippen LogP contribution in [0, 0.1) is 0 Å². The number of hydrogen-bond acceptors (Lipinski definition) is 4. The first-order valence-electron chi connectivity index (χ1n) is 6.02. The molecule has 0 aliphatic heterocycles. The van der Waals surface area contributed by atoms with Crippen molar-refractivity contribution < 1.29 is 5.11 Å². The van der Waals surface area contributed by atoms with Gasteiger partial charge in [-0.05, 0) is 18.9 Å². The lowest BCUT2D eigenvalue weighted by Crippen LogP contribution is -2.33.